The van der Waals surface area contributed by atoms with E-state index in [0.29, 0.717) is 16.9 Å². The number of aliphatic hydroxyl groups is 1. The summed E-state index contributed by atoms with van der Waals surface area (Å²) < 4.78 is 25.4. The van der Waals surface area contributed by atoms with Crippen molar-refractivity contribution in [1.29, 1.82) is 0 Å². The molecule has 0 saturated carbocycles. The maximum Gasteiger partial charge on any atom is 0.255 e. The Hall–Kier alpha value is -2.44. The lowest BCUT2D eigenvalue weighted by Gasteiger charge is -2.19. The number of fused-ring (bicyclic) bond motifs is 5. The summed E-state index contributed by atoms with van der Waals surface area (Å²) in [7, 11) is 0. The largest absolute Gasteiger partial charge is 0.511 e. The molecule has 1 aromatic heterocycles. The Morgan fingerprint density at radius 2 is 1.83 bits per heavy atom. The van der Waals surface area contributed by atoms with E-state index in [2.05, 4.69) is 4.98 Å². The summed E-state index contributed by atoms with van der Waals surface area (Å²) in [5, 5.41) is 11.1. The first-order valence-electron chi connectivity index (χ1n) is 9.58. The number of nitrogens with zero attached hydrogens (tertiary/aromatic N) is 1. The smallest absolute Gasteiger partial charge is 0.255 e. The monoisotopic (exact) mass is 415 g/mol. The molecule has 3 aliphatic rings. The molecule has 150 valence electrons. The number of aromatic nitrogens is 1. The van der Waals surface area contributed by atoms with Crippen LogP contribution in [0.3, 0.4) is 0 Å². The second-order valence-electron chi connectivity index (χ2n) is 7.94. The number of Topliss-reactive ketones (excluding diaryl/α,β-unsaturated/α-hetero) is 1. The molecular weight excluding hydrogens is 397 g/mol. The molecule has 1 N–H and O–H groups in total. The van der Waals surface area contributed by atoms with Crippen LogP contribution in [-0.4, -0.2) is 28.1 Å². The van der Waals surface area contributed by atoms with Crippen molar-refractivity contribution in [2.75, 3.05) is 0 Å². The zero-order valence-electron chi connectivity index (χ0n) is 15.9. The van der Waals surface area contributed by atoms with Gasteiger partial charge in [-0.25, -0.2) is 9.37 Å². The van der Waals surface area contributed by atoms with Gasteiger partial charge in [0.1, 0.15) is 11.5 Å². The second-order valence-corrected chi connectivity index (χ2v) is 8.38. The lowest BCUT2D eigenvalue weighted by atomic mass is 9.80. The van der Waals surface area contributed by atoms with Crippen LogP contribution in [0.5, 0.6) is 11.6 Å². The molecule has 2 aliphatic heterocycles. The van der Waals surface area contributed by atoms with Crippen molar-refractivity contribution < 1.29 is 23.8 Å². The first kappa shape index (κ1) is 18.6. The molecule has 3 unspecified atom stereocenters. The number of carbonyl (C=O) groups is 1. The molecule has 0 radical (unpaired) electrons. The van der Waals surface area contributed by atoms with Gasteiger partial charge in [-0.05, 0) is 61.6 Å². The highest BCUT2D eigenvalue weighted by atomic mass is 35.5. The molecule has 2 fully saturated rings. The summed E-state index contributed by atoms with van der Waals surface area (Å²) in [5.74, 6) is -0.882. The first-order valence-corrected chi connectivity index (χ1v) is 9.96. The average Bonchev–Trinajstić information content (AvgIpc) is 3.33. The van der Waals surface area contributed by atoms with Crippen molar-refractivity contribution >= 4 is 23.0 Å². The molecule has 2 saturated heterocycles. The molecule has 1 aromatic carbocycles. The van der Waals surface area contributed by atoms with Crippen molar-refractivity contribution in [2.45, 2.75) is 38.9 Å². The van der Waals surface area contributed by atoms with Crippen molar-refractivity contribution in [3.63, 3.8) is 0 Å². The number of halogens is 2. The molecule has 7 heteroatoms. The summed E-state index contributed by atoms with van der Waals surface area (Å²) in [6.45, 7) is 3.68. The van der Waals surface area contributed by atoms with Crippen LogP contribution >= 0.6 is 11.6 Å². The SMILES string of the molecule is Cc1cc(Oc2ncc(Cl)cc2F)cc(C)c1C1=C(O)C2C3CCC(O3)[C@H]2C1=O. The third-order valence-electron chi connectivity index (χ3n) is 6.14. The molecule has 1 aliphatic carbocycles. The minimum absolute atomic E-state index is 0.0509. The fourth-order valence-corrected chi connectivity index (χ4v) is 5.18. The summed E-state index contributed by atoms with van der Waals surface area (Å²) >= 11 is 5.73. The van der Waals surface area contributed by atoms with Gasteiger partial charge < -0.3 is 14.6 Å². The van der Waals surface area contributed by atoms with Crippen molar-refractivity contribution in [2.24, 2.45) is 11.8 Å². The van der Waals surface area contributed by atoms with Crippen LogP contribution in [0.2, 0.25) is 5.02 Å². The van der Waals surface area contributed by atoms with Crippen LogP contribution in [0.4, 0.5) is 4.39 Å². The van der Waals surface area contributed by atoms with Gasteiger partial charge in [0.05, 0.1) is 34.6 Å². The van der Waals surface area contributed by atoms with E-state index >= 15 is 0 Å². The fourth-order valence-electron chi connectivity index (χ4n) is 5.03. The Morgan fingerprint density at radius 1 is 1.17 bits per heavy atom. The predicted octanol–water partition coefficient (Wildman–Crippen LogP) is 4.93. The molecule has 2 bridgehead atoms. The number of ketones is 1. The Balaban J connectivity index is 1.51. The van der Waals surface area contributed by atoms with E-state index < -0.39 is 5.82 Å². The van der Waals surface area contributed by atoms with Gasteiger partial charge in [-0.15, -0.1) is 0 Å². The molecule has 5 nitrogen and oxygen atoms in total. The molecular formula is C22H19ClFNO4. The third-order valence-corrected chi connectivity index (χ3v) is 6.35. The van der Waals surface area contributed by atoms with Gasteiger partial charge in [0, 0.05) is 6.20 Å². The van der Waals surface area contributed by atoms with E-state index in [0.717, 1.165) is 30.0 Å². The molecule has 0 amide bonds. The number of aliphatic hydroxyl groups excluding tert-OH is 1. The highest BCUT2D eigenvalue weighted by Crippen LogP contribution is 2.54. The predicted molar refractivity (Wildman–Crippen MR) is 105 cm³/mol. The minimum Gasteiger partial charge on any atom is -0.511 e. The normalized spacial score (nSPS) is 27.7. The number of rotatable bonds is 3. The van der Waals surface area contributed by atoms with E-state index in [1.807, 2.05) is 13.8 Å². The number of hydrogen-bond acceptors (Lipinski definition) is 5. The standard InChI is InChI=1S/C22H19ClFNO4/c1-9-5-12(28-22-13(24)7-11(23)8-25-22)6-10(2)16(9)19-20(26)17-14-3-4-15(29-14)18(17)21(19)27/h5-8,14-15,17-18,26H,3-4H2,1-2H3/t14?,15?,17?,18-/m1/s1. The van der Waals surface area contributed by atoms with Crippen LogP contribution in [0.1, 0.15) is 29.5 Å². The lowest BCUT2D eigenvalue weighted by molar-refractivity contribution is -0.118. The first-order chi connectivity index (χ1) is 13.8. The number of aryl methyl sites for hydroxylation is 2. The lowest BCUT2D eigenvalue weighted by Crippen LogP contribution is -2.29. The molecule has 29 heavy (non-hydrogen) atoms. The summed E-state index contributed by atoms with van der Waals surface area (Å²) in [6.07, 6.45) is 2.88. The minimum atomic E-state index is -0.661. The van der Waals surface area contributed by atoms with Gasteiger partial charge in [-0.3, -0.25) is 4.79 Å². The summed E-state index contributed by atoms with van der Waals surface area (Å²) in [6, 6.07) is 4.56. The quantitative estimate of drug-likeness (QED) is 0.769. The van der Waals surface area contributed by atoms with Gasteiger partial charge in [0.25, 0.3) is 5.88 Å². The van der Waals surface area contributed by atoms with Gasteiger partial charge in [0.15, 0.2) is 11.6 Å². The Kier molecular flexibility index (Phi) is 4.19. The zero-order valence-corrected chi connectivity index (χ0v) is 16.7. The highest BCUT2D eigenvalue weighted by Gasteiger charge is 2.59. The molecule has 4 atom stereocenters. The molecule has 3 heterocycles. The number of allylic oxidation sites excluding steroid dienone is 1. The van der Waals surface area contributed by atoms with Crippen LogP contribution in [-0.2, 0) is 9.53 Å². The Bertz CT molecular complexity index is 1060. The van der Waals surface area contributed by atoms with E-state index in [1.165, 1.54) is 6.20 Å². The topological polar surface area (TPSA) is 68.7 Å². The van der Waals surface area contributed by atoms with Gasteiger partial charge in [-0.1, -0.05) is 11.6 Å². The van der Waals surface area contributed by atoms with Crippen LogP contribution < -0.4 is 4.74 Å². The van der Waals surface area contributed by atoms with Crippen molar-refractivity contribution in [3.05, 3.63) is 57.7 Å². The Labute approximate surface area is 172 Å². The highest BCUT2D eigenvalue weighted by molar-refractivity contribution is 6.30. The number of benzene rings is 1. The average molecular weight is 416 g/mol. The molecule has 2 aromatic rings. The molecule has 0 spiro atoms. The Morgan fingerprint density at radius 3 is 2.45 bits per heavy atom. The zero-order chi connectivity index (χ0) is 20.4. The van der Waals surface area contributed by atoms with Gasteiger partial charge in [0.2, 0.25) is 0 Å². The van der Waals surface area contributed by atoms with E-state index in [-0.39, 0.29) is 46.5 Å². The maximum absolute atomic E-state index is 14.0. The van der Waals surface area contributed by atoms with Gasteiger partial charge >= 0.3 is 0 Å². The van der Waals surface area contributed by atoms with Crippen LogP contribution in [0.15, 0.2) is 30.2 Å². The summed E-state index contributed by atoms with van der Waals surface area (Å²) in [5.41, 5.74) is 2.62. The number of ether oxygens (including phenoxy) is 2. The number of hydrogen-bond donors (Lipinski definition) is 1. The molecule has 5 rings (SSSR count). The fraction of sp³-hybridized carbons (Fsp3) is 0.364. The van der Waals surface area contributed by atoms with E-state index in [9.17, 15) is 14.3 Å². The number of pyridine rings is 1. The van der Waals surface area contributed by atoms with E-state index in [4.69, 9.17) is 21.1 Å². The van der Waals surface area contributed by atoms with Gasteiger partial charge in [-0.2, -0.15) is 0 Å². The van der Waals surface area contributed by atoms with E-state index in [1.54, 1.807) is 12.1 Å². The maximum atomic E-state index is 14.0. The number of carbonyl (C=O) groups excluding carboxylic acids is 1. The van der Waals surface area contributed by atoms with Crippen molar-refractivity contribution in [1.82, 2.24) is 4.98 Å². The summed E-state index contributed by atoms with van der Waals surface area (Å²) in [4.78, 5) is 17.0. The second kappa shape index (κ2) is 6.54. The van der Waals surface area contributed by atoms with Crippen LogP contribution in [0, 0.1) is 31.5 Å². The van der Waals surface area contributed by atoms with Crippen molar-refractivity contribution in [3.8, 4) is 11.6 Å². The third kappa shape index (κ3) is 2.77. The van der Waals surface area contributed by atoms with Crippen LogP contribution in [0.25, 0.3) is 5.57 Å².